The second-order valence-electron chi connectivity index (χ2n) is 5.38. The number of ether oxygens (including phenoxy) is 2. The van der Waals surface area contributed by atoms with Crippen molar-refractivity contribution in [3.8, 4) is 5.69 Å². The minimum absolute atomic E-state index is 0.141. The second kappa shape index (κ2) is 6.89. The first-order valence-electron chi connectivity index (χ1n) is 7.73. The fourth-order valence-corrected chi connectivity index (χ4v) is 2.48. The summed E-state index contributed by atoms with van der Waals surface area (Å²) < 4.78 is 25.6. The number of anilines is 1. The van der Waals surface area contributed by atoms with Gasteiger partial charge in [-0.05, 0) is 25.1 Å². The number of nitrogens with zero attached hydrogens (tertiary/aromatic N) is 3. The molecular weight excluding hydrogens is 331 g/mol. The molecule has 1 saturated heterocycles. The number of hydrogen-bond acceptors (Lipinski definition) is 6. The molecule has 1 amide bonds. The first kappa shape index (κ1) is 16.9. The molecule has 1 aromatic heterocycles. The molecule has 1 fully saturated rings. The number of cyclic esters (lactones) is 1. The van der Waals surface area contributed by atoms with Gasteiger partial charge in [-0.1, -0.05) is 0 Å². The van der Waals surface area contributed by atoms with Gasteiger partial charge in [0.25, 0.3) is 0 Å². The van der Waals surface area contributed by atoms with Crippen molar-refractivity contribution in [2.45, 2.75) is 13.0 Å². The van der Waals surface area contributed by atoms with Gasteiger partial charge in [0.2, 0.25) is 0 Å². The molecular formula is C16H17FN4O4. The SMILES string of the molecule is CCOC(=O)c1cnn(-c2ccc(N3CC(CN)OC3=O)cc2F)c1. The van der Waals surface area contributed by atoms with Crippen molar-refractivity contribution in [3.05, 3.63) is 42.0 Å². The number of rotatable bonds is 5. The molecule has 2 aromatic rings. The maximum absolute atomic E-state index is 14.5. The number of hydrogen-bond donors (Lipinski definition) is 1. The van der Waals surface area contributed by atoms with Crippen LogP contribution in [0.15, 0.2) is 30.6 Å². The average molecular weight is 348 g/mol. The second-order valence-corrected chi connectivity index (χ2v) is 5.38. The smallest absolute Gasteiger partial charge is 0.414 e. The van der Waals surface area contributed by atoms with Crippen LogP contribution in [0.4, 0.5) is 14.9 Å². The molecule has 2 N–H and O–H groups in total. The lowest BCUT2D eigenvalue weighted by Gasteiger charge is -2.14. The quantitative estimate of drug-likeness (QED) is 0.822. The highest BCUT2D eigenvalue weighted by Gasteiger charge is 2.31. The molecule has 0 aliphatic carbocycles. The van der Waals surface area contributed by atoms with E-state index >= 15 is 0 Å². The van der Waals surface area contributed by atoms with Crippen LogP contribution < -0.4 is 10.6 Å². The Kier molecular flexibility index (Phi) is 4.66. The summed E-state index contributed by atoms with van der Waals surface area (Å²) in [5.74, 6) is -1.13. The highest BCUT2D eigenvalue weighted by molar-refractivity contribution is 5.90. The highest BCUT2D eigenvalue weighted by Crippen LogP contribution is 2.25. The molecule has 1 atom stereocenters. The Morgan fingerprint density at radius 1 is 1.52 bits per heavy atom. The van der Waals surface area contributed by atoms with Gasteiger partial charge in [0, 0.05) is 12.7 Å². The van der Waals surface area contributed by atoms with Crippen molar-refractivity contribution < 1.29 is 23.5 Å². The molecule has 9 heteroatoms. The lowest BCUT2D eigenvalue weighted by atomic mass is 10.2. The first-order valence-corrected chi connectivity index (χ1v) is 7.73. The third-order valence-electron chi connectivity index (χ3n) is 3.72. The fraction of sp³-hybridized carbons (Fsp3) is 0.312. The van der Waals surface area contributed by atoms with Crippen LogP contribution in [0.5, 0.6) is 0 Å². The van der Waals surface area contributed by atoms with Crippen molar-refractivity contribution in [1.29, 1.82) is 0 Å². The van der Waals surface area contributed by atoms with E-state index in [9.17, 15) is 14.0 Å². The van der Waals surface area contributed by atoms with E-state index in [2.05, 4.69) is 5.10 Å². The summed E-state index contributed by atoms with van der Waals surface area (Å²) in [5, 5.41) is 3.97. The van der Waals surface area contributed by atoms with Gasteiger partial charge < -0.3 is 15.2 Å². The molecule has 0 saturated carbocycles. The number of carbonyl (C=O) groups excluding carboxylic acids is 2. The van der Waals surface area contributed by atoms with Crippen molar-refractivity contribution in [3.63, 3.8) is 0 Å². The molecule has 1 unspecified atom stereocenters. The van der Waals surface area contributed by atoms with Gasteiger partial charge in [0.05, 0.1) is 30.6 Å². The molecule has 1 aliphatic rings. The summed E-state index contributed by atoms with van der Waals surface area (Å²) in [7, 11) is 0. The lowest BCUT2D eigenvalue weighted by molar-refractivity contribution is 0.0526. The van der Waals surface area contributed by atoms with Gasteiger partial charge >= 0.3 is 12.1 Å². The monoisotopic (exact) mass is 348 g/mol. The number of nitrogens with two attached hydrogens (primary N) is 1. The zero-order valence-electron chi connectivity index (χ0n) is 13.5. The molecule has 0 bridgehead atoms. The largest absolute Gasteiger partial charge is 0.462 e. The maximum atomic E-state index is 14.5. The number of carbonyl (C=O) groups is 2. The Labute approximate surface area is 142 Å². The van der Waals surface area contributed by atoms with Crippen LogP contribution in [0.3, 0.4) is 0 Å². The van der Waals surface area contributed by atoms with Crippen LogP contribution in [0.2, 0.25) is 0 Å². The van der Waals surface area contributed by atoms with Crippen LogP contribution in [0, 0.1) is 5.82 Å². The van der Waals surface area contributed by atoms with Crippen LogP contribution in [0.25, 0.3) is 5.69 Å². The zero-order chi connectivity index (χ0) is 18.0. The average Bonchev–Trinajstić information content (AvgIpc) is 3.21. The van der Waals surface area contributed by atoms with E-state index in [0.29, 0.717) is 5.69 Å². The molecule has 132 valence electrons. The molecule has 1 aliphatic heterocycles. The van der Waals surface area contributed by atoms with Crippen molar-refractivity contribution in [1.82, 2.24) is 9.78 Å². The van der Waals surface area contributed by atoms with Gasteiger partial charge in [-0.15, -0.1) is 0 Å². The highest BCUT2D eigenvalue weighted by atomic mass is 19.1. The molecule has 0 radical (unpaired) electrons. The third-order valence-corrected chi connectivity index (χ3v) is 3.72. The van der Waals surface area contributed by atoms with Crippen molar-refractivity contribution >= 4 is 17.7 Å². The molecule has 0 spiro atoms. The number of amides is 1. The summed E-state index contributed by atoms with van der Waals surface area (Å²) >= 11 is 0. The lowest BCUT2D eigenvalue weighted by Crippen LogP contribution is -2.27. The maximum Gasteiger partial charge on any atom is 0.414 e. The van der Waals surface area contributed by atoms with Gasteiger partial charge in [-0.3, -0.25) is 4.90 Å². The van der Waals surface area contributed by atoms with E-state index in [1.54, 1.807) is 13.0 Å². The van der Waals surface area contributed by atoms with E-state index in [4.69, 9.17) is 15.2 Å². The van der Waals surface area contributed by atoms with E-state index in [1.165, 1.54) is 34.1 Å². The van der Waals surface area contributed by atoms with Gasteiger partial charge in [-0.25, -0.2) is 18.7 Å². The van der Waals surface area contributed by atoms with E-state index < -0.39 is 24.0 Å². The molecule has 3 rings (SSSR count). The summed E-state index contributed by atoms with van der Waals surface area (Å²) in [6.07, 6.45) is 1.71. The van der Waals surface area contributed by atoms with E-state index in [0.717, 1.165) is 0 Å². The Balaban J connectivity index is 1.83. The zero-order valence-corrected chi connectivity index (χ0v) is 13.5. The standard InChI is InChI=1S/C16H17FN4O4/c1-2-24-15(22)10-7-19-21(8-10)14-4-3-11(5-13(14)17)20-9-12(6-18)25-16(20)23/h3-5,7-8,12H,2,6,9,18H2,1H3. The van der Waals surface area contributed by atoms with Gasteiger partial charge in [0.1, 0.15) is 11.8 Å². The van der Waals surface area contributed by atoms with Gasteiger partial charge in [-0.2, -0.15) is 5.10 Å². The Morgan fingerprint density at radius 3 is 2.96 bits per heavy atom. The van der Waals surface area contributed by atoms with Crippen LogP contribution in [-0.4, -0.2) is 47.6 Å². The topological polar surface area (TPSA) is 99.7 Å². The molecule has 2 heterocycles. The molecule has 8 nitrogen and oxygen atoms in total. The molecule has 25 heavy (non-hydrogen) atoms. The normalized spacial score (nSPS) is 16.8. The Morgan fingerprint density at radius 2 is 2.32 bits per heavy atom. The predicted molar refractivity (Wildman–Crippen MR) is 86.1 cm³/mol. The number of esters is 1. The summed E-state index contributed by atoms with van der Waals surface area (Å²) in [6, 6.07) is 4.25. The summed E-state index contributed by atoms with van der Waals surface area (Å²) in [5.41, 5.74) is 6.21. The number of halogens is 1. The summed E-state index contributed by atoms with van der Waals surface area (Å²) in [6.45, 7) is 2.40. The predicted octanol–water partition coefficient (Wildman–Crippen LogP) is 1.47. The van der Waals surface area contributed by atoms with Crippen molar-refractivity contribution in [2.24, 2.45) is 5.73 Å². The van der Waals surface area contributed by atoms with Crippen LogP contribution in [-0.2, 0) is 9.47 Å². The number of aromatic nitrogens is 2. The van der Waals surface area contributed by atoms with Crippen molar-refractivity contribution in [2.75, 3.05) is 24.6 Å². The van der Waals surface area contributed by atoms with E-state index in [1.807, 2.05) is 0 Å². The third kappa shape index (κ3) is 3.31. The number of benzene rings is 1. The van der Waals surface area contributed by atoms with Crippen LogP contribution >= 0.6 is 0 Å². The van der Waals surface area contributed by atoms with Gasteiger partial charge in [0.15, 0.2) is 5.82 Å². The molecule has 1 aromatic carbocycles. The Hall–Kier alpha value is -2.94. The summed E-state index contributed by atoms with van der Waals surface area (Å²) in [4.78, 5) is 24.8. The first-order chi connectivity index (χ1) is 12.0. The van der Waals surface area contributed by atoms with E-state index in [-0.39, 0.29) is 30.9 Å². The minimum atomic E-state index is -0.597. The Bertz CT molecular complexity index is 807. The minimum Gasteiger partial charge on any atom is -0.462 e. The fourth-order valence-electron chi connectivity index (χ4n) is 2.48. The van der Waals surface area contributed by atoms with Crippen LogP contribution in [0.1, 0.15) is 17.3 Å².